The second-order valence-electron chi connectivity index (χ2n) is 7.60. The first-order chi connectivity index (χ1) is 14.9. The van der Waals surface area contributed by atoms with E-state index in [1.54, 1.807) is 24.1 Å². The average molecular weight is 423 g/mol. The van der Waals surface area contributed by atoms with Gasteiger partial charge in [-0.05, 0) is 45.4 Å². The number of aromatic nitrogens is 5. The van der Waals surface area contributed by atoms with Gasteiger partial charge in [-0.25, -0.2) is 15.0 Å². The molecule has 3 heterocycles. The highest BCUT2D eigenvalue weighted by Gasteiger charge is 2.19. The highest BCUT2D eigenvalue weighted by Crippen LogP contribution is 2.34. The van der Waals surface area contributed by atoms with Crippen molar-refractivity contribution in [2.45, 2.75) is 46.7 Å². The Morgan fingerprint density at radius 3 is 2.74 bits per heavy atom. The Balaban J connectivity index is 2.08. The molecule has 0 saturated carbocycles. The van der Waals surface area contributed by atoms with Crippen LogP contribution in [0.15, 0.2) is 30.7 Å². The van der Waals surface area contributed by atoms with Crippen molar-refractivity contribution in [2.75, 3.05) is 17.2 Å². The summed E-state index contributed by atoms with van der Waals surface area (Å²) in [4.78, 5) is 13.5. The standard InChI is InChI=1S/C22H30N8O/c1-6-10-31-22-16(8-7-9-24-22)17-11-18(25-12-19-26-13-30(5)29-19)21(27-14(2)3)20(28-17)15(4)23/h7-9,11,13-14,23,27H,6,10,12H2,1-5H3,(H,25,28). The van der Waals surface area contributed by atoms with Crippen LogP contribution in [0.5, 0.6) is 5.88 Å². The summed E-state index contributed by atoms with van der Waals surface area (Å²) >= 11 is 0. The topological polar surface area (TPSA) is 114 Å². The normalized spacial score (nSPS) is 10.9. The number of hydrogen-bond donors (Lipinski definition) is 3. The number of nitrogens with one attached hydrogen (secondary N) is 3. The molecule has 0 spiro atoms. The number of hydrogen-bond acceptors (Lipinski definition) is 8. The first-order valence-corrected chi connectivity index (χ1v) is 10.4. The second-order valence-corrected chi connectivity index (χ2v) is 7.60. The van der Waals surface area contributed by atoms with Crippen LogP contribution in [0.25, 0.3) is 11.3 Å². The smallest absolute Gasteiger partial charge is 0.222 e. The molecule has 3 N–H and O–H groups in total. The summed E-state index contributed by atoms with van der Waals surface area (Å²) in [6, 6.07) is 5.91. The first-order valence-electron chi connectivity index (χ1n) is 10.4. The van der Waals surface area contributed by atoms with Gasteiger partial charge >= 0.3 is 0 Å². The van der Waals surface area contributed by atoms with Gasteiger partial charge < -0.3 is 20.8 Å². The van der Waals surface area contributed by atoms with E-state index in [1.807, 2.05) is 25.2 Å². The molecule has 0 fully saturated rings. The van der Waals surface area contributed by atoms with Crippen LogP contribution in [-0.4, -0.2) is 43.1 Å². The van der Waals surface area contributed by atoms with Gasteiger partial charge in [-0.15, -0.1) is 0 Å². The molecule has 3 aromatic rings. The molecular weight excluding hydrogens is 392 g/mol. The molecule has 9 nitrogen and oxygen atoms in total. The third kappa shape index (κ3) is 5.56. The number of nitrogens with zero attached hydrogens (tertiary/aromatic N) is 5. The zero-order chi connectivity index (χ0) is 22.4. The average Bonchev–Trinajstić information content (AvgIpc) is 3.16. The molecule has 0 unspecified atom stereocenters. The molecule has 3 rings (SSSR count). The van der Waals surface area contributed by atoms with E-state index in [0.29, 0.717) is 42.0 Å². The molecule has 9 heteroatoms. The largest absolute Gasteiger partial charge is 0.477 e. The molecule has 0 aromatic carbocycles. The zero-order valence-electron chi connectivity index (χ0n) is 18.7. The van der Waals surface area contributed by atoms with Gasteiger partial charge in [0.05, 0.1) is 41.5 Å². The fourth-order valence-electron chi connectivity index (χ4n) is 3.07. The number of anilines is 2. The Labute approximate surface area is 182 Å². The molecule has 0 aliphatic rings. The van der Waals surface area contributed by atoms with Gasteiger partial charge in [0.25, 0.3) is 0 Å². The highest BCUT2D eigenvalue weighted by molar-refractivity contribution is 6.03. The molecule has 0 radical (unpaired) electrons. The van der Waals surface area contributed by atoms with Gasteiger partial charge in [0, 0.05) is 19.3 Å². The van der Waals surface area contributed by atoms with Crippen molar-refractivity contribution >= 4 is 17.1 Å². The van der Waals surface area contributed by atoms with Crippen LogP contribution >= 0.6 is 0 Å². The lowest BCUT2D eigenvalue weighted by Crippen LogP contribution is -2.17. The van der Waals surface area contributed by atoms with E-state index in [4.69, 9.17) is 15.1 Å². The van der Waals surface area contributed by atoms with Crippen molar-refractivity contribution in [3.8, 4) is 17.1 Å². The predicted molar refractivity (Wildman–Crippen MR) is 123 cm³/mol. The molecule has 3 aromatic heterocycles. The molecule has 31 heavy (non-hydrogen) atoms. The van der Waals surface area contributed by atoms with Crippen LogP contribution < -0.4 is 15.4 Å². The minimum absolute atomic E-state index is 0.168. The summed E-state index contributed by atoms with van der Waals surface area (Å²) in [5.41, 5.74) is 4.01. The summed E-state index contributed by atoms with van der Waals surface area (Å²) in [5.74, 6) is 1.21. The molecule has 0 saturated heterocycles. The van der Waals surface area contributed by atoms with Gasteiger partial charge in [-0.3, -0.25) is 4.68 Å². The van der Waals surface area contributed by atoms with Crippen LogP contribution in [0.2, 0.25) is 0 Å². The zero-order valence-corrected chi connectivity index (χ0v) is 18.7. The molecule has 0 atom stereocenters. The lowest BCUT2D eigenvalue weighted by molar-refractivity contribution is 0.306. The second kappa shape index (κ2) is 10.0. The van der Waals surface area contributed by atoms with Gasteiger partial charge in [-0.2, -0.15) is 5.10 Å². The maximum Gasteiger partial charge on any atom is 0.222 e. The van der Waals surface area contributed by atoms with Gasteiger partial charge in [0.15, 0.2) is 5.82 Å². The highest BCUT2D eigenvalue weighted by atomic mass is 16.5. The lowest BCUT2D eigenvalue weighted by Gasteiger charge is -2.20. The summed E-state index contributed by atoms with van der Waals surface area (Å²) in [6.07, 6.45) is 4.26. The van der Waals surface area contributed by atoms with Crippen LogP contribution in [-0.2, 0) is 13.6 Å². The maximum atomic E-state index is 8.34. The number of rotatable bonds is 10. The first kappa shape index (κ1) is 22.2. The van der Waals surface area contributed by atoms with E-state index in [-0.39, 0.29) is 6.04 Å². The maximum absolute atomic E-state index is 8.34. The summed E-state index contributed by atoms with van der Waals surface area (Å²) in [7, 11) is 1.84. The molecule has 164 valence electrons. The molecule has 0 aliphatic heterocycles. The fraction of sp³-hybridized carbons (Fsp3) is 0.409. The molecule has 0 bridgehead atoms. The van der Waals surface area contributed by atoms with Crippen molar-refractivity contribution in [2.24, 2.45) is 7.05 Å². The van der Waals surface area contributed by atoms with Gasteiger partial charge in [0.2, 0.25) is 5.88 Å². The van der Waals surface area contributed by atoms with Gasteiger partial charge in [0.1, 0.15) is 12.0 Å². The molecule has 0 aliphatic carbocycles. The summed E-state index contributed by atoms with van der Waals surface area (Å²) < 4.78 is 7.51. The Bertz CT molecular complexity index is 1040. The van der Waals surface area contributed by atoms with Crippen molar-refractivity contribution in [1.29, 1.82) is 5.41 Å². The van der Waals surface area contributed by atoms with E-state index in [0.717, 1.165) is 23.4 Å². The van der Waals surface area contributed by atoms with Crippen LogP contribution in [0.1, 0.15) is 45.6 Å². The summed E-state index contributed by atoms with van der Waals surface area (Å²) in [5, 5.41) is 19.5. The van der Waals surface area contributed by atoms with Crippen molar-refractivity contribution in [3.63, 3.8) is 0 Å². The monoisotopic (exact) mass is 422 g/mol. The van der Waals surface area contributed by atoms with Crippen LogP contribution in [0, 0.1) is 5.41 Å². The Morgan fingerprint density at radius 2 is 2.10 bits per heavy atom. The van der Waals surface area contributed by atoms with Crippen molar-refractivity contribution in [1.82, 2.24) is 24.7 Å². The number of aryl methyl sites for hydroxylation is 1. The van der Waals surface area contributed by atoms with E-state index in [9.17, 15) is 0 Å². The third-order valence-electron chi connectivity index (χ3n) is 4.38. The van der Waals surface area contributed by atoms with E-state index in [2.05, 4.69) is 46.5 Å². The third-order valence-corrected chi connectivity index (χ3v) is 4.38. The Kier molecular flexibility index (Phi) is 7.17. The summed E-state index contributed by atoms with van der Waals surface area (Å²) in [6.45, 7) is 8.91. The molecular formula is C22H30N8O. The van der Waals surface area contributed by atoms with Crippen molar-refractivity contribution in [3.05, 3.63) is 42.2 Å². The SMILES string of the molecule is CCCOc1ncccc1-c1cc(NCc2ncn(C)n2)c(NC(C)C)c(C(C)=N)n1. The van der Waals surface area contributed by atoms with E-state index in [1.165, 1.54) is 0 Å². The quantitative estimate of drug-likeness (QED) is 0.425. The van der Waals surface area contributed by atoms with E-state index < -0.39 is 0 Å². The van der Waals surface area contributed by atoms with Crippen LogP contribution in [0.3, 0.4) is 0 Å². The lowest BCUT2D eigenvalue weighted by atomic mass is 10.1. The minimum Gasteiger partial charge on any atom is -0.477 e. The number of pyridine rings is 2. The van der Waals surface area contributed by atoms with Gasteiger partial charge in [-0.1, -0.05) is 6.92 Å². The fourth-order valence-corrected chi connectivity index (χ4v) is 3.07. The van der Waals surface area contributed by atoms with Crippen LogP contribution in [0.4, 0.5) is 11.4 Å². The molecule has 0 amide bonds. The Morgan fingerprint density at radius 1 is 1.29 bits per heavy atom. The minimum atomic E-state index is 0.168. The predicted octanol–water partition coefficient (Wildman–Crippen LogP) is 3.88. The Hall–Kier alpha value is -3.49. The van der Waals surface area contributed by atoms with Crippen molar-refractivity contribution < 1.29 is 4.74 Å². The van der Waals surface area contributed by atoms with E-state index >= 15 is 0 Å². The number of ether oxygens (including phenoxy) is 1.